The first-order chi connectivity index (χ1) is 14.0. The maximum atomic E-state index is 13.1. The van der Waals surface area contributed by atoms with E-state index in [1.54, 1.807) is 29.2 Å². The first-order valence-corrected chi connectivity index (χ1v) is 10.4. The van der Waals surface area contributed by atoms with E-state index in [9.17, 15) is 14.4 Å². The van der Waals surface area contributed by atoms with Gasteiger partial charge < -0.3 is 4.90 Å². The highest BCUT2D eigenvalue weighted by Gasteiger charge is 2.44. The van der Waals surface area contributed by atoms with Crippen LogP contribution >= 0.6 is 0 Å². The Labute approximate surface area is 171 Å². The predicted octanol–water partition coefficient (Wildman–Crippen LogP) is 3.71. The minimum atomic E-state index is -0.749. The van der Waals surface area contributed by atoms with Gasteiger partial charge in [0.15, 0.2) is 0 Å². The molecule has 0 aromatic heterocycles. The molecule has 1 fully saturated rings. The zero-order valence-corrected chi connectivity index (χ0v) is 16.9. The van der Waals surface area contributed by atoms with Crippen LogP contribution in [0.4, 0.5) is 5.69 Å². The van der Waals surface area contributed by atoms with Gasteiger partial charge in [-0.1, -0.05) is 18.6 Å². The molecule has 1 aromatic rings. The maximum absolute atomic E-state index is 13.1. The van der Waals surface area contributed by atoms with E-state index >= 15 is 0 Å². The summed E-state index contributed by atoms with van der Waals surface area (Å²) in [6, 6.07) is 7.64. The number of nitriles is 1. The van der Waals surface area contributed by atoms with E-state index in [4.69, 9.17) is 5.26 Å². The van der Waals surface area contributed by atoms with Gasteiger partial charge in [-0.25, -0.2) is 4.90 Å². The van der Waals surface area contributed by atoms with Crippen LogP contribution in [0.1, 0.15) is 63.9 Å². The lowest BCUT2D eigenvalue weighted by molar-refractivity contribution is -0.138. The standard InChI is InChI=1S/C23H27N3O3/c1-2-6-21(27)25(14-13-17-7-4-3-5-8-17)20-15-22(28)26(23(20)29)19-11-9-18(16-24)10-12-19/h7,9-12,20H,2-6,8,13-15H2,1H3. The smallest absolute Gasteiger partial charge is 0.257 e. The molecule has 0 radical (unpaired) electrons. The van der Waals surface area contributed by atoms with Crippen molar-refractivity contribution in [3.63, 3.8) is 0 Å². The van der Waals surface area contributed by atoms with Gasteiger partial charge in [-0.2, -0.15) is 5.26 Å². The van der Waals surface area contributed by atoms with E-state index in [0.29, 0.717) is 30.6 Å². The lowest BCUT2D eigenvalue weighted by Crippen LogP contribution is -2.46. The van der Waals surface area contributed by atoms with Gasteiger partial charge in [-0.15, -0.1) is 0 Å². The Morgan fingerprint density at radius 2 is 2.00 bits per heavy atom. The lowest BCUT2D eigenvalue weighted by Gasteiger charge is -2.28. The van der Waals surface area contributed by atoms with Gasteiger partial charge in [0.2, 0.25) is 11.8 Å². The third kappa shape index (κ3) is 4.73. The first kappa shape index (κ1) is 20.8. The topological polar surface area (TPSA) is 81.5 Å². The van der Waals surface area contributed by atoms with Crippen LogP contribution in [0.2, 0.25) is 0 Å². The van der Waals surface area contributed by atoms with Crippen LogP contribution in [0.3, 0.4) is 0 Å². The summed E-state index contributed by atoms with van der Waals surface area (Å²) in [6.45, 7) is 2.40. The molecule has 6 heteroatoms. The Balaban J connectivity index is 1.78. The number of hydrogen-bond acceptors (Lipinski definition) is 4. The highest BCUT2D eigenvalue weighted by Crippen LogP contribution is 2.28. The summed E-state index contributed by atoms with van der Waals surface area (Å²) in [4.78, 5) is 41.3. The largest absolute Gasteiger partial charge is 0.330 e. The third-order valence-electron chi connectivity index (χ3n) is 5.60. The van der Waals surface area contributed by atoms with Crippen molar-refractivity contribution in [1.82, 2.24) is 4.90 Å². The Morgan fingerprint density at radius 3 is 2.62 bits per heavy atom. The van der Waals surface area contributed by atoms with Gasteiger partial charge in [0.05, 0.1) is 23.7 Å². The summed E-state index contributed by atoms with van der Waals surface area (Å²) >= 11 is 0. The van der Waals surface area contributed by atoms with E-state index in [1.807, 2.05) is 13.0 Å². The van der Waals surface area contributed by atoms with Gasteiger partial charge in [-0.05, 0) is 62.8 Å². The lowest BCUT2D eigenvalue weighted by atomic mass is 9.97. The van der Waals surface area contributed by atoms with Crippen LogP contribution < -0.4 is 4.90 Å². The van der Waals surface area contributed by atoms with Crippen molar-refractivity contribution in [2.24, 2.45) is 0 Å². The molecule has 3 amide bonds. The molecule has 1 saturated heterocycles. The molecule has 1 atom stereocenters. The molecule has 6 nitrogen and oxygen atoms in total. The van der Waals surface area contributed by atoms with Gasteiger partial charge >= 0.3 is 0 Å². The van der Waals surface area contributed by atoms with Crippen LogP contribution in [0.25, 0.3) is 0 Å². The molecule has 0 spiro atoms. The molecule has 3 rings (SSSR count). The number of nitrogens with zero attached hydrogens (tertiary/aromatic N) is 3. The second-order valence-electron chi connectivity index (χ2n) is 7.64. The summed E-state index contributed by atoms with van der Waals surface area (Å²) in [5.41, 5.74) is 2.25. The number of hydrogen-bond donors (Lipinski definition) is 0. The number of rotatable bonds is 7. The molecule has 152 valence electrons. The average Bonchev–Trinajstić information content (AvgIpc) is 3.03. The number of carbonyl (C=O) groups is 3. The Kier molecular flexibility index (Phi) is 6.82. The van der Waals surface area contributed by atoms with Gasteiger partial charge in [0.1, 0.15) is 6.04 Å². The molecule has 0 N–H and O–H groups in total. The molecular formula is C23H27N3O3. The number of carbonyl (C=O) groups excluding carboxylic acids is 3. The summed E-state index contributed by atoms with van der Waals surface area (Å²) in [5, 5.41) is 8.94. The van der Waals surface area contributed by atoms with E-state index in [1.165, 1.54) is 18.4 Å². The summed E-state index contributed by atoms with van der Waals surface area (Å²) < 4.78 is 0. The van der Waals surface area contributed by atoms with Crippen molar-refractivity contribution in [2.45, 2.75) is 64.3 Å². The zero-order chi connectivity index (χ0) is 20.8. The summed E-state index contributed by atoms with van der Waals surface area (Å²) in [6.07, 6.45) is 8.57. The number of amides is 3. The van der Waals surface area contributed by atoms with Crippen LogP contribution in [-0.2, 0) is 14.4 Å². The fourth-order valence-electron chi connectivity index (χ4n) is 4.02. The quantitative estimate of drug-likeness (QED) is 0.522. The van der Waals surface area contributed by atoms with Gasteiger partial charge in [0.25, 0.3) is 5.91 Å². The zero-order valence-electron chi connectivity index (χ0n) is 16.9. The molecule has 29 heavy (non-hydrogen) atoms. The van der Waals surface area contributed by atoms with Crippen molar-refractivity contribution in [1.29, 1.82) is 5.26 Å². The van der Waals surface area contributed by atoms with Crippen molar-refractivity contribution < 1.29 is 14.4 Å². The second kappa shape index (κ2) is 9.51. The van der Waals surface area contributed by atoms with Crippen LogP contribution in [-0.4, -0.2) is 35.2 Å². The van der Waals surface area contributed by atoms with Crippen LogP contribution in [0, 0.1) is 11.3 Å². The molecular weight excluding hydrogens is 366 g/mol. The van der Waals surface area contributed by atoms with Crippen molar-refractivity contribution in [2.75, 3.05) is 11.4 Å². The van der Waals surface area contributed by atoms with Gasteiger partial charge in [0, 0.05) is 13.0 Å². The second-order valence-corrected chi connectivity index (χ2v) is 7.64. The molecule has 1 unspecified atom stereocenters. The molecule has 0 bridgehead atoms. The molecule has 1 aliphatic heterocycles. The summed E-state index contributed by atoms with van der Waals surface area (Å²) in [5.74, 6) is -0.741. The van der Waals surface area contributed by atoms with Crippen molar-refractivity contribution in [3.05, 3.63) is 41.5 Å². The minimum Gasteiger partial charge on any atom is -0.330 e. The Hall–Kier alpha value is -2.94. The van der Waals surface area contributed by atoms with E-state index < -0.39 is 6.04 Å². The van der Waals surface area contributed by atoms with E-state index in [2.05, 4.69) is 6.08 Å². The normalized spacial score (nSPS) is 19.1. The fourth-order valence-corrected chi connectivity index (χ4v) is 4.02. The Morgan fingerprint density at radius 1 is 1.24 bits per heavy atom. The number of anilines is 1. The van der Waals surface area contributed by atoms with E-state index in [-0.39, 0.29) is 24.1 Å². The van der Waals surface area contributed by atoms with Crippen molar-refractivity contribution >= 4 is 23.4 Å². The van der Waals surface area contributed by atoms with Crippen molar-refractivity contribution in [3.8, 4) is 6.07 Å². The van der Waals surface area contributed by atoms with Crippen LogP contribution in [0.15, 0.2) is 35.9 Å². The number of benzene rings is 1. The number of imide groups is 1. The first-order valence-electron chi connectivity index (χ1n) is 10.4. The van der Waals surface area contributed by atoms with E-state index in [0.717, 1.165) is 24.2 Å². The molecule has 1 aromatic carbocycles. The molecule has 0 saturated carbocycles. The predicted molar refractivity (Wildman–Crippen MR) is 110 cm³/mol. The minimum absolute atomic E-state index is 0.00728. The molecule has 2 aliphatic rings. The average molecular weight is 393 g/mol. The maximum Gasteiger partial charge on any atom is 0.257 e. The monoisotopic (exact) mass is 393 g/mol. The summed E-state index contributed by atoms with van der Waals surface area (Å²) in [7, 11) is 0. The van der Waals surface area contributed by atoms with Crippen LogP contribution in [0.5, 0.6) is 0 Å². The third-order valence-corrected chi connectivity index (χ3v) is 5.60. The fraction of sp³-hybridized carbons (Fsp3) is 0.478. The molecule has 1 aliphatic carbocycles. The highest BCUT2D eigenvalue weighted by atomic mass is 16.2. The van der Waals surface area contributed by atoms with Gasteiger partial charge in [-0.3, -0.25) is 14.4 Å². The number of allylic oxidation sites excluding steroid dienone is 1. The SMILES string of the molecule is CCCC(=O)N(CCC1=CCCCC1)C1CC(=O)N(c2ccc(C#N)cc2)C1=O. The molecule has 1 heterocycles. The highest BCUT2D eigenvalue weighted by molar-refractivity contribution is 6.23. The Bertz CT molecular complexity index is 851.